The van der Waals surface area contributed by atoms with Gasteiger partial charge in [-0.3, -0.25) is 0 Å². The molecule has 1 aliphatic rings. The number of benzene rings is 1. The third-order valence-corrected chi connectivity index (χ3v) is 3.31. The quantitative estimate of drug-likeness (QED) is 0.658. The Morgan fingerprint density at radius 1 is 1.00 bits per heavy atom. The van der Waals surface area contributed by atoms with E-state index in [4.69, 9.17) is 0 Å². The van der Waals surface area contributed by atoms with Gasteiger partial charge < -0.3 is 0 Å². The lowest BCUT2D eigenvalue weighted by atomic mass is 9.86. The highest BCUT2D eigenvalue weighted by molar-refractivity contribution is 5.54. The van der Waals surface area contributed by atoms with Gasteiger partial charge in [0, 0.05) is 0 Å². The zero-order chi connectivity index (χ0) is 13.0. The van der Waals surface area contributed by atoms with Gasteiger partial charge in [0.05, 0.1) is 0 Å². The minimum Gasteiger partial charge on any atom is -0.0842 e. The van der Waals surface area contributed by atoms with Crippen molar-refractivity contribution in [2.24, 2.45) is 0 Å². The van der Waals surface area contributed by atoms with E-state index >= 15 is 0 Å². The lowest BCUT2D eigenvalue weighted by Crippen LogP contribution is -2.10. The highest BCUT2D eigenvalue weighted by Crippen LogP contribution is 2.23. The Balaban J connectivity index is 2.09. The third kappa shape index (κ3) is 3.46. The van der Waals surface area contributed by atoms with Crippen LogP contribution in [0.2, 0.25) is 0 Å². The van der Waals surface area contributed by atoms with E-state index < -0.39 is 0 Å². The standard InChI is InChI=1S/C18H22/c1-18(2,3)17-13-11-16(12-14-17)10-9-15-7-5-4-6-8-15/h4-5,7,9-14H,6,8H2,1-3H3/b10-9+. The molecule has 0 heterocycles. The molecule has 0 amide bonds. The van der Waals surface area contributed by atoms with Crippen molar-refractivity contribution < 1.29 is 0 Å². The molecule has 0 saturated carbocycles. The maximum absolute atomic E-state index is 2.25. The van der Waals surface area contributed by atoms with Gasteiger partial charge in [-0.1, -0.05) is 75.4 Å². The minimum absolute atomic E-state index is 0.235. The van der Waals surface area contributed by atoms with Gasteiger partial charge in [-0.15, -0.1) is 0 Å². The van der Waals surface area contributed by atoms with E-state index in [2.05, 4.69) is 75.4 Å². The lowest BCUT2D eigenvalue weighted by molar-refractivity contribution is 0.590. The van der Waals surface area contributed by atoms with Gasteiger partial charge in [0.25, 0.3) is 0 Å². The molecule has 0 aliphatic heterocycles. The van der Waals surface area contributed by atoms with Gasteiger partial charge in [-0.2, -0.15) is 0 Å². The first-order valence-electron chi connectivity index (χ1n) is 6.70. The fourth-order valence-corrected chi connectivity index (χ4v) is 2.06. The molecule has 0 atom stereocenters. The van der Waals surface area contributed by atoms with Crippen LogP contribution in [0.3, 0.4) is 0 Å². The number of hydrogen-bond donors (Lipinski definition) is 0. The molecule has 0 unspecified atom stereocenters. The number of hydrogen-bond acceptors (Lipinski definition) is 0. The van der Waals surface area contributed by atoms with Crippen molar-refractivity contribution in [3.8, 4) is 0 Å². The molecule has 0 saturated heterocycles. The van der Waals surface area contributed by atoms with Gasteiger partial charge in [-0.05, 0) is 35.0 Å². The van der Waals surface area contributed by atoms with Crippen LogP contribution in [0.25, 0.3) is 6.08 Å². The summed E-state index contributed by atoms with van der Waals surface area (Å²) in [6.07, 6.45) is 13.3. The maximum atomic E-state index is 2.25. The van der Waals surface area contributed by atoms with Crippen molar-refractivity contribution in [1.82, 2.24) is 0 Å². The highest BCUT2D eigenvalue weighted by atomic mass is 14.2. The van der Waals surface area contributed by atoms with Crippen molar-refractivity contribution in [2.75, 3.05) is 0 Å². The number of allylic oxidation sites excluding steroid dienone is 5. The molecule has 0 N–H and O–H groups in total. The molecular formula is C18H22. The summed E-state index contributed by atoms with van der Waals surface area (Å²) in [6.45, 7) is 6.74. The summed E-state index contributed by atoms with van der Waals surface area (Å²) in [7, 11) is 0. The Kier molecular flexibility index (Phi) is 3.86. The Morgan fingerprint density at radius 2 is 1.72 bits per heavy atom. The van der Waals surface area contributed by atoms with Gasteiger partial charge in [0.1, 0.15) is 0 Å². The average molecular weight is 238 g/mol. The van der Waals surface area contributed by atoms with Gasteiger partial charge in [0.2, 0.25) is 0 Å². The number of rotatable bonds is 2. The summed E-state index contributed by atoms with van der Waals surface area (Å²) in [4.78, 5) is 0. The zero-order valence-electron chi connectivity index (χ0n) is 11.6. The zero-order valence-corrected chi connectivity index (χ0v) is 11.6. The fourth-order valence-electron chi connectivity index (χ4n) is 2.06. The molecule has 1 aromatic rings. The van der Waals surface area contributed by atoms with Crippen LogP contribution < -0.4 is 0 Å². The first kappa shape index (κ1) is 12.9. The smallest absolute Gasteiger partial charge is 0.0132 e. The predicted octanol–water partition coefficient (Wildman–Crippen LogP) is 5.27. The highest BCUT2D eigenvalue weighted by Gasteiger charge is 2.12. The van der Waals surface area contributed by atoms with E-state index in [9.17, 15) is 0 Å². The van der Waals surface area contributed by atoms with Crippen LogP contribution in [0.1, 0.15) is 44.7 Å². The molecular weight excluding hydrogens is 216 g/mol. The molecule has 0 radical (unpaired) electrons. The van der Waals surface area contributed by atoms with E-state index in [1.807, 2.05) is 0 Å². The van der Waals surface area contributed by atoms with Crippen LogP contribution in [0, 0.1) is 0 Å². The van der Waals surface area contributed by atoms with Crippen LogP contribution in [0.15, 0.2) is 54.1 Å². The average Bonchev–Trinajstić information content (AvgIpc) is 2.37. The molecule has 0 aromatic heterocycles. The normalized spacial score (nSPS) is 16.1. The lowest BCUT2D eigenvalue weighted by Gasteiger charge is -2.18. The Hall–Kier alpha value is -1.56. The second-order valence-corrected chi connectivity index (χ2v) is 5.91. The van der Waals surface area contributed by atoms with E-state index in [0.29, 0.717) is 0 Å². The predicted molar refractivity (Wildman–Crippen MR) is 80.6 cm³/mol. The summed E-state index contributed by atoms with van der Waals surface area (Å²) in [5.41, 5.74) is 4.31. The van der Waals surface area contributed by atoms with E-state index in [-0.39, 0.29) is 5.41 Å². The molecule has 1 aromatic carbocycles. The maximum Gasteiger partial charge on any atom is -0.0132 e. The van der Waals surface area contributed by atoms with Crippen LogP contribution in [-0.2, 0) is 5.41 Å². The second kappa shape index (κ2) is 5.39. The molecule has 18 heavy (non-hydrogen) atoms. The Morgan fingerprint density at radius 3 is 2.28 bits per heavy atom. The van der Waals surface area contributed by atoms with E-state index in [1.165, 1.54) is 23.1 Å². The topological polar surface area (TPSA) is 0 Å². The second-order valence-electron chi connectivity index (χ2n) is 5.91. The minimum atomic E-state index is 0.235. The SMILES string of the molecule is CC(C)(C)c1ccc(/C=C/C2=CC=CCC2)cc1. The van der Waals surface area contributed by atoms with Crippen molar-refractivity contribution >= 4 is 6.08 Å². The van der Waals surface area contributed by atoms with Crippen molar-refractivity contribution in [2.45, 2.75) is 39.0 Å². The molecule has 0 nitrogen and oxygen atoms in total. The monoisotopic (exact) mass is 238 g/mol. The summed E-state index contributed by atoms with van der Waals surface area (Å²) in [5, 5.41) is 0. The molecule has 1 aliphatic carbocycles. The first-order valence-corrected chi connectivity index (χ1v) is 6.70. The Labute approximate surface area is 111 Å². The van der Waals surface area contributed by atoms with Crippen molar-refractivity contribution in [1.29, 1.82) is 0 Å². The molecule has 0 bridgehead atoms. The van der Waals surface area contributed by atoms with Crippen molar-refractivity contribution in [3.63, 3.8) is 0 Å². The third-order valence-electron chi connectivity index (χ3n) is 3.31. The molecule has 94 valence electrons. The van der Waals surface area contributed by atoms with Crippen LogP contribution in [0.5, 0.6) is 0 Å². The Bertz CT molecular complexity index is 476. The summed E-state index contributed by atoms with van der Waals surface area (Å²) >= 11 is 0. The molecule has 0 spiro atoms. The fraction of sp³-hybridized carbons (Fsp3) is 0.333. The molecule has 0 fully saturated rings. The summed E-state index contributed by atoms with van der Waals surface area (Å²) < 4.78 is 0. The summed E-state index contributed by atoms with van der Waals surface area (Å²) in [6, 6.07) is 8.87. The van der Waals surface area contributed by atoms with Crippen LogP contribution in [0.4, 0.5) is 0 Å². The summed E-state index contributed by atoms with van der Waals surface area (Å²) in [5.74, 6) is 0. The van der Waals surface area contributed by atoms with Gasteiger partial charge >= 0.3 is 0 Å². The van der Waals surface area contributed by atoms with Crippen molar-refractivity contribution in [3.05, 3.63) is 65.3 Å². The molecule has 2 rings (SSSR count). The van der Waals surface area contributed by atoms with E-state index in [0.717, 1.165) is 6.42 Å². The van der Waals surface area contributed by atoms with Gasteiger partial charge in [-0.25, -0.2) is 0 Å². The van der Waals surface area contributed by atoms with Gasteiger partial charge in [0.15, 0.2) is 0 Å². The van der Waals surface area contributed by atoms with Crippen LogP contribution in [-0.4, -0.2) is 0 Å². The largest absolute Gasteiger partial charge is 0.0842 e. The first-order chi connectivity index (χ1) is 8.55. The van der Waals surface area contributed by atoms with E-state index in [1.54, 1.807) is 0 Å². The van der Waals surface area contributed by atoms with Crippen LogP contribution >= 0.6 is 0 Å². The molecule has 0 heteroatoms.